The summed E-state index contributed by atoms with van der Waals surface area (Å²) in [6.45, 7) is 3.69. The van der Waals surface area contributed by atoms with Gasteiger partial charge in [0.15, 0.2) is 0 Å². The van der Waals surface area contributed by atoms with Gasteiger partial charge in [0.25, 0.3) is 0 Å². The first-order chi connectivity index (χ1) is 12.9. The molecule has 1 fully saturated rings. The van der Waals surface area contributed by atoms with Gasteiger partial charge < -0.3 is 4.90 Å². The summed E-state index contributed by atoms with van der Waals surface area (Å²) in [4.78, 5) is 14.2. The fourth-order valence-corrected chi connectivity index (χ4v) is 4.88. The molecule has 0 bridgehead atoms. The molecular weight excluding hydrogens is 360 g/mol. The van der Waals surface area contributed by atoms with Crippen molar-refractivity contribution >= 4 is 15.9 Å². The summed E-state index contributed by atoms with van der Waals surface area (Å²) in [7, 11) is -3.35. The van der Waals surface area contributed by atoms with Crippen molar-refractivity contribution in [1.82, 2.24) is 9.21 Å². The van der Waals surface area contributed by atoms with Crippen LogP contribution in [0.25, 0.3) is 0 Å². The lowest BCUT2D eigenvalue weighted by Gasteiger charge is -2.34. The number of hydrogen-bond donors (Lipinski definition) is 0. The number of aryl methyl sites for hydroxylation is 2. The Balaban J connectivity index is 1.50. The fraction of sp³-hybridized carbons (Fsp3) is 0.381. The predicted octanol–water partition coefficient (Wildman–Crippen LogP) is 2.60. The van der Waals surface area contributed by atoms with E-state index in [4.69, 9.17) is 0 Å². The third kappa shape index (κ3) is 5.40. The Labute approximate surface area is 161 Å². The second kappa shape index (κ2) is 8.67. The molecule has 1 saturated heterocycles. The molecule has 3 rings (SSSR count). The van der Waals surface area contributed by atoms with E-state index in [9.17, 15) is 13.2 Å². The minimum absolute atomic E-state index is 0.00907. The number of hydrogen-bond acceptors (Lipinski definition) is 3. The molecule has 6 heteroatoms. The van der Waals surface area contributed by atoms with E-state index in [1.54, 1.807) is 4.90 Å². The molecule has 0 saturated carbocycles. The summed E-state index contributed by atoms with van der Waals surface area (Å²) in [6.07, 6.45) is 1.17. The Bertz CT molecular complexity index is 873. The Hall–Kier alpha value is -2.18. The number of piperazine rings is 1. The van der Waals surface area contributed by atoms with E-state index < -0.39 is 10.0 Å². The minimum atomic E-state index is -3.35. The van der Waals surface area contributed by atoms with Crippen molar-refractivity contribution in [2.45, 2.75) is 25.5 Å². The van der Waals surface area contributed by atoms with Crippen LogP contribution < -0.4 is 0 Å². The lowest BCUT2D eigenvalue weighted by molar-refractivity contribution is -0.132. The molecule has 1 heterocycles. The molecule has 0 N–H and O–H groups in total. The third-order valence-corrected chi connectivity index (χ3v) is 6.74. The highest BCUT2D eigenvalue weighted by atomic mass is 32.2. The highest BCUT2D eigenvalue weighted by molar-refractivity contribution is 7.88. The SMILES string of the molecule is Cc1cccc(CCC(=O)N2CCN(S(=O)(=O)Cc3ccccc3)CC2)c1. The van der Waals surface area contributed by atoms with E-state index in [0.717, 1.165) is 11.1 Å². The van der Waals surface area contributed by atoms with Crippen LogP contribution in [0, 0.1) is 6.92 Å². The lowest BCUT2D eigenvalue weighted by atomic mass is 10.1. The zero-order chi connectivity index (χ0) is 19.3. The van der Waals surface area contributed by atoms with Gasteiger partial charge in [-0.1, -0.05) is 60.2 Å². The van der Waals surface area contributed by atoms with E-state index in [2.05, 4.69) is 6.07 Å². The first kappa shape index (κ1) is 19.6. The van der Waals surface area contributed by atoms with Crippen LogP contribution in [0.1, 0.15) is 23.1 Å². The molecule has 1 aliphatic rings. The van der Waals surface area contributed by atoms with Gasteiger partial charge in [-0.15, -0.1) is 0 Å². The van der Waals surface area contributed by atoms with Crippen LogP contribution >= 0.6 is 0 Å². The largest absolute Gasteiger partial charge is 0.340 e. The molecule has 0 unspecified atom stereocenters. The molecule has 0 atom stereocenters. The van der Waals surface area contributed by atoms with Crippen molar-refractivity contribution in [3.63, 3.8) is 0 Å². The van der Waals surface area contributed by atoms with Crippen molar-refractivity contribution < 1.29 is 13.2 Å². The number of amides is 1. The zero-order valence-electron chi connectivity index (χ0n) is 15.7. The zero-order valence-corrected chi connectivity index (χ0v) is 16.5. The number of nitrogens with zero attached hydrogens (tertiary/aromatic N) is 2. The molecule has 0 aliphatic carbocycles. The molecule has 144 valence electrons. The van der Waals surface area contributed by atoms with Gasteiger partial charge in [0, 0.05) is 32.6 Å². The van der Waals surface area contributed by atoms with E-state index >= 15 is 0 Å². The Morgan fingerprint density at radius 1 is 0.926 bits per heavy atom. The van der Waals surface area contributed by atoms with Crippen LogP contribution in [0.4, 0.5) is 0 Å². The van der Waals surface area contributed by atoms with Crippen molar-refractivity contribution in [2.75, 3.05) is 26.2 Å². The second-order valence-electron chi connectivity index (χ2n) is 7.01. The van der Waals surface area contributed by atoms with Crippen molar-refractivity contribution in [2.24, 2.45) is 0 Å². The molecule has 0 aromatic heterocycles. The van der Waals surface area contributed by atoms with Crippen LogP contribution in [0.5, 0.6) is 0 Å². The predicted molar refractivity (Wildman–Crippen MR) is 107 cm³/mol. The summed E-state index contributed by atoms with van der Waals surface area (Å²) in [6, 6.07) is 17.4. The third-order valence-electron chi connectivity index (χ3n) is 4.89. The van der Waals surface area contributed by atoms with Crippen LogP contribution in [-0.2, 0) is 27.0 Å². The summed E-state index contributed by atoms with van der Waals surface area (Å²) < 4.78 is 26.7. The van der Waals surface area contributed by atoms with E-state index in [1.807, 2.05) is 55.5 Å². The number of rotatable bonds is 6. The van der Waals surface area contributed by atoms with Gasteiger partial charge in [0.1, 0.15) is 0 Å². The molecule has 2 aromatic carbocycles. The average Bonchev–Trinajstić information content (AvgIpc) is 2.67. The topological polar surface area (TPSA) is 57.7 Å². The maximum Gasteiger partial charge on any atom is 0.222 e. The van der Waals surface area contributed by atoms with Gasteiger partial charge in [0.05, 0.1) is 5.75 Å². The highest BCUT2D eigenvalue weighted by Crippen LogP contribution is 2.15. The van der Waals surface area contributed by atoms with Crippen LogP contribution in [0.3, 0.4) is 0 Å². The number of sulfonamides is 1. The van der Waals surface area contributed by atoms with Gasteiger partial charge in [-0.05, 0) is 24.5 Å². The maximum absolute atomic E-state index is 12.6. The molecular formula is C21H26N2O3S. The average molecular weight is 387 g/mol. The first-order valence-corrected chi connectivity index (χ1v) is 10.9. The molecule has 5 nitrogen and oxygen atoms in total. The normalized spacial score (nSPS) is 15.7. The maximum atomic E-state index is 12.6. The first-order valence-electron chi connectivity index (χ1n) is 9.29. The van der Waals surface area contributed by atoms with E-state index in [0.29, 0.717) is 39.0 Å². The molecule has 27 heavy (non-hydrogen) atoms. The smallest absolute Gasteiger partial charge is 0.222 e. The number of carbonyl (C=O) groups excluding carboxylic acids is 1. The van der Waals surface area contributed by atoms with Gasteiger partial charge >= 0.3 is 0 Å². The van der Waals surface area contributed by atoms with Gasteiger partial charge in [-0.25, -0.2) is 8.42 Å². The van der Waals surface area contributed by atoms with Crippen molar-refractivity contribution in [3.8, 4) is 0 Å². The van der Waals surface area contributed by atoms with E-state index in [-0.39, 0.29) is 11.7 Å². The Morgan fingerprint density at radius 2 is 1.59 bits per heavy atom. The molecule has 0 spiro atoms. The summed E-state index contributed by atoms with van der Waals surface area (Å²) >= 11 is 0. The van der Waals surface area contributed by atoms with Crippen LogP contribution in [0.15, 0.2) is 54.6 Å². The van der Waals surface area contributed by atoms with Crippen LogP contribution in [-0.4, -0.2) is 49.7 Å². The number of carbonyl (C=O) groups is 1. The lowest BCUT2D eigenvalue weighted by Crippen LogP contribution is -2.50. The van der Waals surface area contributed by atoms with Gasteiger partial charge in [-0.3, -0.25) is 4.79 Å². The standard InChI is InChI=1S/C21H26N2O3S/c1-18-6-5-9-19(16-18)10-11-21(24)22-12-14-23(15-13-22)27(25,26)17-20-7-3-2-4-8-20/h2-9,16H,10-15,17H2,1H3. The van der Waals surface area contributed by atoms with Gasteiger partial charge in [0.2, 0.25) is 15.9 Å². The second-order valence-corrected chi connectivity index (χ2v) is 8.98. The van der Waals surface area contributed by atoms with Gasteiger partial charge in [-0.2, -0.15) is 4.31 Å². The number of benzene rings is 2. The monoisotopic (exact) mass is 386 g/mol. The summed E-state index contributed by atoms with van der Waals surface area (Å²) in [5.41, 5.74) is 3.14. The van der Waals surface area contributed by atoms with Crippen LogP contribution in [0.2, 0.25) is 0 Å². The van der Waals surface area contributed by atoms with Crippen molar-refractivity contribution in [3.05, 3.63) is 71.3 Å². The molecule has 1 aliphatic heterocycles. The fourth-order valence-electron chi connectivity index (χ4n) is 3.37. The highest BCUT2D eigenvalue weighted by Gasteiger charge is 2.28. The summed E-state index contributed by atoms with van der Waals surface area (Å²) in [5.74, 6) is 0.103. The minimum Gasteiger partial charge on any atom is -0.340 e. The Kier molecular flexibility index (Phi) is 6.29. The van der Waals surface area contributed by atoms with E-state index in [1.165, 1.54) is 9.87 Å². The molecule has 2 aromatic rings. The molecule has 1 amide bonds. The summed E-state index contributed by atoms with van der Waals surface area (Å²) in [5, 5.41) is 0. The quantitative estimate of drug-likeness (QED) is 0.767. The molecule has 0 radical (unpaired) electrons. The van der Waals surface area contributed by atoms with Crippen molar-refractivity contribution in [1.29, 1.82) is 0 Å². The Morgan fingerprint density at radius 3 is 2.26 bits per heavy atom.